The second-order valence-electron chi connectivity index (χ2n) is 7.64. The first-order valence-electron chi connectivity index (χ1n) is 10.3. The summed E-state index contributed by atoms with van der Waals surface area (Å²) >= 11 is 0. The van der Waals surface area contributed by atoms with Crippen LogP contribution in [0.4, 0.5) is 0 Å². The number of aromatic amines is 1. The fourth-order valence-corrected chi connectivity index (χ4v) is 4.08. The van der Waals surface area contributed by atoms with Crippen LogP contribution in [0.15, 0.2) is 45.7 Å². The molecule has 1 N–H and O–H groups in total. The summed E-state index contributed by atoms with van der Waals surface area (Å²) in [6, 6.07) is 9.99. The Morgan fingerprint density at radius 3 is 2.62 bits per heavy atom. The maximum Gasteiger partial charge on any atom is 0.349 e. The molecule has 1 aliphatic heterocycles. The molecule has 0 radical (unpaired) electrons. The minimum Gasteiger partial charge on any atom is -0.427 e. The summed E-state index contributed by atoms with van der Waals surface area (Å²) in [6.45, 7) is 7.90. The average molecular weight is 393 g/mol. The number of amides is 1. The van der Waals surface area contributed by atoms with Crippen molar-refractivity contribution in [2.75, 3.05) is 32.7 Å². The van der Waals surface area contributed by atoms with Gasteiger partial charge in [0, 0.05) is 49.7 Å². The van der Waals surface area contributed by atoms with Crippen molar-refractivity contribution in [3.63, 3.8) is 0 Å². The quantitative estimate of drug-likeness (QED) is 0.724. The lowest BCUT2D eigenvalue weighted by Crippen LogP contribution is -2.49. The first-order chi connectivity index (χ1) is 14.1. The smallest absolute Gasteiger partial charge is 0.349 e. The predicted molar refractivity (Wildman–Crippen MR) is 113 cm³/mol. The largest absolute Gasteiger partial charge is 0.427 e. The number of likely N-dealkylation sites (N-methyl/N-ethyl adjacent to an activating group) is 1. The van der Waals surface area contributed by atoms with Crippen LogP contribution in [0.3, 0.4) is 0 Å². The number of carbonyl (C=O) groups is 1. The molecule has 0 spiro atoms. The maximum atomic E-state index is 12.9. The van der Waals surface area contributed by atoms with E-state index in [1.807, 2.05) is 37.4 Å². The molecular weight excluding hydrogens is 366 g/mol. The van der Waals surface area contributed by atoms with Crippen LogP contribution >= 0.6 is 0 Å². The first kappa shape index (κ1) is 19.5. The van der Waals surface area contributed by atoms with Crippen molar-refractivity contribution in [2.24, 2.45) is 0 Å². The van der Waals surface area contributed by atoms with Crippen LogP contribution in [-0.2, 0) is 12.8 Å². The second-order valence-corrected chi connectivity index (χ2v) is 7.64. The van der Waals surface area contributed by atoms with Crippen molar-refractivity contribution < 1.29 is 9.21 Å². The molecule has 6 heteroatoms. The van der Waals surface area contributed by atoms with Gasteiger partial charge in [-0.25, -0.2) is 4.79 Å². The number of nitrogens with one attached hydrogen (secondary N) is 1. The average Bonchev–Trinajstić information content (AvgIpc) is 3.15. The molecule has 3 heterocycles. The Hall–Kier alpha value is -2.86. The number of carbonyl (C=O) groups excluding carboxylic acids is 1. The van der Waals surface area contributed by atoms with Crippen LogP contribution < -0.4 is 5.63 Å². The zero-order valence-corrected chi connectivity index (χ0v) is 17.0. The summed E-state index contributed by atoms with van der Waals surface area (Å²) in [7, 11) is 0. The fourth-order valence-electron chi connectivity index (χ4n) is 4.08. The molecule has 1 aliphatic rings. The second kappa shape index (κ2) is 8.25. The van der Waals surface area contributed by atoms with Gasteiger partial charge in [-0.15, -0.1) is 0 Å². The van der Waals surface area contributed by atoms with Crippen molar-refractivity contribution in [2.45, 2.75) is 26.7 Å². The zero-order chi connectivity index (χ0) is 20.4. The summed E-state index contributed by atoms with van der Waals surface area (Å²) < 4.78 is 5.53. The molecule has 4 rings (SSSR count). The van der Waals surface area contributed by atoms with Gasteiger partial charge in [0.25, 0.3) is 5.91 Å². The zero-order valence-electron chi connectivity index (χ0n) is 17.0. The normalized spacial score (nSPS) is 15.2. The van der Waals surface area contributed by atoms with Gasteiger partial charge in [-0.2, -0.15) is 0 Å². The topological polar surface area (TPSA) is 69.6 Å². The van der Waals surface area contributed by atoms with Crippen molar-refractivity contribution in [3.8, 4) is 0 Å². The summed E-state index contributed by atoms with van der Waals surface area (Å²) in [6.07, 6.45) is 3.38. The lowest BCUT2D eigenvalue weighted by Gasteiger charge is -2.34. The number of benzene rings is 1. The third-order valence-corrected chi connectivity index (χ3v) is 5.84. The Labute approximate surface area is 170 Å². The monoisotopic (exact) mass is 393 g/mol. The van der Waals surface area contributed by atoms with Gasteiger partial charge >= 0.3 is 5.63 Å². The Morgan fingerprint density at radius 1 is 1.14 bits per heavy atom. The summed E-state index contributed by atoms with van der Waals surface area (Å²) in [4.78, 5) is 32.8. The van der Waals surface area contributed by atoms with Crippen LogP contribution in [-0.4, -0.2) is 53.4 Å². The summed E-state index contributed by atoms with van der Waals surface area (Å²) in [5.41, 5.74) is 2.63. The van der Waals surface area contributed by atoms with Gasteiger partial charge in [0.05, 0.1) is 0 Å². The molecule has 1 saturated heterocycles. The lowest BCUT2D eigenvalue weighted by molar-refractivity contribution is 0.0637. The molecule has 1 aromatic carbocycles. The van der Waals surface area contributed by atoms with Gasteiger partial charge in [0.1, 0.15) is 11.3 Å². The number of hydrogen-bond donors (Lipinski definition) is 1. The van der Waals surface area contributed by atoms with Crippen LogP contribution in [0.2, 0.25) is 0 Å². The van der Waals surface area contributed by atoms with Gasteiger partial charge < -0.3 is 19.2 Å². The Morgan fingerprint density at radius 2 is 1.90 bits per heavy atom. The summed E-state index contributed by atoms with van der Waals surface area (Å²) in [5, 5.41) is 1.18. The van der Waals surface area contributed by atoms with E-state index in [1.54, 1.807) is 4.90 Å². The van der Waals surface area contributed by atoms with E-state index >= 15 is 0 Å². The lowest BCUT2D eigenvalue weighted by atomic mass is 10.0. The van der Waals surface area contributed by atoms with Crippen molar-refractivity contribution in [1.29, 1.82) is 0 Å². The van der Waals surface area contributed by atoms with Crippen LogP contribution in [0, 0.1) is 6.92 Å². The number of fused-ring (bicyclic) bond motifs is 1. The highest BCUT2D eigenvalue weighted by Gasteiger charge is 2.25. The Kier molecular flexibility index (Phi) is 5.53. The highest BCUT2D eigenvalue weighted by atomic mass is 16.4. The number of H-pyrrole nitrogens is 1. The number of rotatable bonds is 5. The number of piperazine rings is 1. The SMILES string of the molecule is CCN1CCN(C(=O)c2c(C)cc(CCc3c[nH]c4ccccc34)oc2=O)CC1. The van der Waals surface area contributed by atoms with Gasteiger partial charge in [0.2, 0.25) is 0 Å². The molecule has 0 aliphatic carbocycles. The molecule has 1 fully saturated rings. The van der Waals surface area contributed by atoms with Crippen LogP contribution in [0.25, 0.3) is 10.9 Å². The number of nitrogens with zero attached hydrogens (tertiary/aromatic N) is 2. The van der Waals surface area contributed by atoms with Crippen LogP contribution in [0.1, 0.15) is 34.2 Å². The molecule has 0 saturated carbocycles. The maximum absolute atomic E-state index is 12.9. The highest BCUT2D eigenvalue weighted by Crippen LogP contribution is 2.20. The minimum absolute atomic E-state index is 0.172. The van der Waals surface area contributed by atoms with Crippen molar-refractivity contribution in [3.05, 3.63) is 69.4 Å². The third kappa shape index (κ3) is 3.98. The predicted octanol–water partition coefficient (Wildman–Crippen LogP) is 2.99. The van der Waals surface area contributed by atoms with Gasteiger partial charge in [-0.3, -0.25) is 4.79 Å². The fraction of sp³-hybridized carbons (Fsp3) is 0.391. The van der Waals surface area contributed by atoms with E-state index in [4.69, 9.17) is 4.42 Å². The molecule has 152 valence electrons. The van der Waals surface area contributed by atoms with E-state index in [9.17, 15) is 9.59 Å². The van der Waals surface area contributed by atoms with Crippen LogP contribution in [0.5, 0.6) is 0 Å². The molecule has 6 nitrogen and oxygen atoms in total. The van der Waals surface area contributed by atoms with E-state index in [2.05, 4.69) is 22.9 Å². The molecule has 0 bridgehead atoms. The molecule has 1 amide bonds. The summed E-state index contributed by atoms with van der Waals surface area (Å²) in [5.74, 6) is 0.403. The standard InChI is InChI=1S/C23H27N3O3/c1-3-25-10-12-26(13-11-25)22(27)21-16(2)14-18(29-23(21)28)9-8-17-15-24-20-7-5-4-6-19(17)20/h4-7,14-15,24H,3,8-13H2,1-2H3. The van der Waals surface area contributed by atoms with E-state index in [-0.39, 0.29) is 11.5 Å². The number of aromatic nitrogens is 1. The third-order valence-electron chi connectivity index (χ3n) is 5.84. The Balaban J connectivity index is 1.48. The number of hydrogen-bond acceptors (Lipinski definition) is 4. The van der Waals surface area contributed by atoms with Gasteiger partial charge in [0.15, 0.2) is 0 Å². The molecular formula is C23H27N3O3. The van der Waals surface area contributed by atoms with E-state index in [0.717, 1.165) is 31.6 Å². The number of aryl methyl sites for hydroxylation is 3. The van der Waals surface area contributed by atoms with E-state index in [1.165, 1.54) is 10.9 Å². The van der Waals surface area contributed by atoms with Crippen molar-refractivity contribution in [1.82, 2.24) is 14.8 Å². The molecule has 0 unspecified atom stereocenters. The van der Waals surface area contributed by atoms with E-state index < -0.39 is 5.63 Å². The molecule has 0 atom stereocenters. The minimum atomic E-state index is -0.526. The van der Waals surface area contributed by atoms with Gasteiger partial charge in [-0.05, 0) is 43.1 Å². The van der Waals surface area contributed by atoms with E-state index in [0.29, 0.717) is 30.8 Å². The molecule has 29 heavy (non-hydrogen) atoms. The highest BCUT2D eigenvalue weighted by molar-refractivity contribution is 5.95. The molecule has 2 aromatic heterocycles. The number of para-hydroxylation sites is 1. The molecule has 3 aromatic rings. The van der Waals surface area contributed by atoms with Crippen molar-refractivity contribution >= 4 is 16.8 Å². The first-order valence-corrected chi connectivity index (χ1v) is 10.3. The van der Waals surface area contributed by atoms with Gasteiger partial charge in [-0.1, -0.05) is 25.1 Å². The Bertz CT molecular complexity index is 1070.